The smallest absolute Gasteiger partial charge is 0.167 e. The number of nitrogens with zero attached hydrogens (tertiary/aromatic N) is 1. The van der Waals surface area contributed by atoms with Gasteiger partial charge in [0.2, 0.25) is 0 Å². The number of hydrogen-bond donors (Lipinski definition) is 0. The topological polar surface area (TPSA) is 20.3 Å². The molecule has 1 heterocycles. The van der Waals surface area contributed by atoms with Gasteiger partial charge in [-0.2, -0.15) is 0 Å². The van der Waals surface area contributed by atoms with E-state index in [1.807, 2.05) is 0 Å². The van der Waals surface area contributed by atoms with E-state index in [4.69, 9.17) is 0 Å². The molecule has 2 fully saturated rings. The van der Waals surface area contributed by atoms with Crippen molar-refractivity contribution < 1.29 is 4.79 Å². The predicted octanol–water partition coefficient (Wildman–Crippen LogP) is 4.35. The fourth-order valence-electron chi connectivity index (χ4n) is 4.94. The lowest BCUT2D eigenvalue weighted by Crippen LogP contribution is -2.32. The molecule has 1 aromatic rings. The number of benzene rings is 1. The number of ketones is 1. The van der Waals surface area contributed by atoms with Crippen LogP contribution in [0.15, 0.2) is 36.0 Å². The Bertz CT molecular complexity index is 672. The van der Waals surface area contributed by atoms with Gasteiger partial charge in [0.05, 0.1) is 0 Å². The van der Waals surface area contributed by atoms with E-state index < -0.39 is 0 Å². The van der Waals surface area contributed by atoms with Crippen molar-refractivity contribution in [3.63, 3.8) is 0 Å². The quantitative estimate of drug-likeness (QED) is 0.718. The second-order valence-corrected chi connectivity index (χ2v) is 7.98. The van der Waals surface area contributed by atoms with Crippen LogP contribution in [0.5, 0.6) is 0 Å². The lowest BCUT2D eigenvalue weighted by molar-refractivity contribution is -0.125. The van der Waals surface area contributed by atoms with Crippen LogP contribution >= 0.6 is 0 Å². The first-order chi connectivity index (χ1) is 10.4. The Balaban J connectivity index is 1.75. The fraction of sp³-hybridized carbons (Fsp3) is 0.550. The maximum absolute atomic E-state index is 13.0. The summed E-state index contributed by atoms with van der Waals surface area (Å²) in [5.74, 6) is 0.830. The van der Waals surface area contributed by atoms with Crippen molar-refractivity contribution in [3.05, 3.63) is 41.6 Å². The molecule has 2 aliphatic carbocycles. The number of allylic oxidation sites excluding steroid dienone is 1. The summed E-state index contributed by atoms with van der Waals surface area (Å²) < 4.78 is 0. The molecule has 2 bridgehead atoms. The molecule has 3 aliphatic rings. The van der Waals surface area contributed by atoms with Crippen LogP contribution < -0.4 is 4.90 Å². The van der Waals surface area contributed by atoms with Crippen molar-refractivity contribution in [2.45, 2.75) is 46.5 Å². The number of hydrogen-bond acceptors (Lipinski definition) is 2. The standard InChI is InChI=1S/C20H25NO/c1-19(2)16-10-11-20(19,3)18(22)15(16)13-21-12-6-8-14-7-4-5-9-17(14)21/h4-5,7,9,13,16H,6,8,10-12H2,1-3H3/b15-13-/t16-,20-/m1/s1. The summed E-state index contributed by atoms with van der Waals surface area (Å²) in [4.78, 5) is 15.3. The molecule has 1 aromatic carbocycles. The normalized spacial score (nSPS) is 34.3. The minimum Gasteiger partial charge on any atom is -0.347 e. The minimum atomic E-state index is -0.154. The summed E-state index contributed by atoms with van der Waals surface area (Å²) in [5, 5.41) is 0. The summed E-state index contributed by atoms with van der Waals surface area (Å²) in [6.07, 6.45) is 6.72. The van der Waals surface area contributed by atoms with Gasteiger partial charge in [-0.05, 0) is 48.6 Å². The lowest BCUT2D eigenvalue weighted by Gasteiger charge is -2.31. The number of Topliss-reactive ketones (excluding diaryl/α,β-unsaturated/α-hetero) is 1. The fourth-order valence-corrected chi connectivity index (χ4v) is 4.94. The van der Waals surface area contributed by atoms with Crippen molar-refractivity contribution in [2.24, 2.45) is 16.7 Å². The molecule has 4 rings (SSSR count). The van der Waals surface area contributed by atoms with Crippen LogP contribution in [0, 0.1) is 16.7 Å². The number of para-hydroxylation sites is 1. The zero-order valence-electron chi connectivity index (χ0n) is 13.9. The van der Waals surface area contributed by atoms with Crippen molar-refractivity contribution >= 4 is 11.5 Å². The molecule has 1 aliphatic heterocycles. The summed E-state index contributed by atoms with van der Waals surface area (Å²) in [6, 6.07) is 8.62. The monoisotopic (exact) mass is 295 g/mol. The highest BCUT2D eigenvalue weighted by Gasteiger charge is 2.64. The van der Waals surface area contributed by atoms with E-state index in [9.17, 15) is 4.79 Å². The van der Waals surface area contributed by atoms with Gasteiger partial charge in [0.1, 0.15) is 0 Å². The van der Waals surface area contributed by atoms with Crippen LogP contribution in [0.1, 0.15) is 45.6 Å². The molecule has 2 heteroatoms. The average molecular weight is 295 g/mol. The van der Waals surface area contributed by atoms with Gasteiger partial charge in [-0.1, -0.05) is 39.0 Å². The van der Waals surface area contributed by atoms with Gasteiger partial charge in [0.15, 0.2) is 5.78 Å². The maximum Gasteiger partial charge on any atom is 0.167 e. The van der Waals surface area contributed by atoms with Crippen molar-refractivity contribution in [2.75, 3.05) is 11.4 Å². The Labute approximate surface area is 133 Å². The van der Waals surface area contributed by atoms with Gasteiger partial charge in [-0.3, -0.25) is 4.79 Å². The van der Waals surface area contributed by atoms with E-state index >= 15 is 0 Å². The van der Waals surface area contributed by atoms with E-state index in [0.717, 1.165) is 31.4 Å². The number of carbonyl (C=O) groups is 1. The zero-order valence-corrected chi connectivity index (χ0v) is 13.9. The molecule has 0 amide bonds. The van der Waals surface area contributed by atoms with Gasteiger partial charge < -0.3 is 4.90 Å². The molecule has 22 heavy (non-hydrogen) atoms. The van der Waals surface area contributed by atoms with Gasteiger partial charge in [0.25, 0.3) is 0 Å². The summed E-state index contributed by atoms with van der Waals surface area (Å²) >= 11 is 0. The van der Waals surface area contributed by atoms with E-state index in [0.29, 0.717) is 11.7 Å². The third-order valence-corrected chi connectivity index (χ3v) is 6.81. The largest absolute Gasteiger partial charge is 0.347 e. The van der Waals surface area contributed by atoms with Gasteiger partial charge >= 0.3 is 0 Å². The van der Waals surface area contributed by atoms with Crippen LogP contribution in [0.25, 0.3) is 0 Å². The SMILES string of the molecule is CC1(C)[C@@H]2CC[C@]1(C)C(=O)/C2=C\N1CCCc2ccccc21. The predicted molar refractivity (Wildman–Crippen MR) is 89.8 cm³/mol. The van der Waals surface area contributed by atoms with Crippen LogP contribution in [0.2, 0.25) is 0 Å². The van der Waals surface area contributed by atoms with Gasteiger partial charge in [-0.25, -0.2) is 0 Å². The molecule has 2 nitrogen and oxygen atoms in total. The summed E-state index contributed by atoms with van der Waals surface area (Å²) in [6.45, 7) is 7.78. The van der Waals surface area contributed by atoms with E-state index in [1.165, 1.54) is 17.7 Å². The number of anilines is 1. The molecule has 0 aromatic heterocycles. The van der Waals surface area contributed by atoms with Crippen molar-refractivity contribution in [1.29, 1.82) is 0 Å². The highest BCUT2D eigenvalue weighted by Crippen LogP contribution is 2.65. The number of aryl methyl sites for hydroxylation is 1. The van der Waals surface area contributed by atoms with Crippen LogP contribution in [-0.4, -0.2) is 12.3 Å². The zero-order chi connectivity index (χ0) is 15.5. The van der Waals surface area contributed by atoms with Crippen LogP contribution in [-0.2, 0) is 11.2 Å². The van der Waals surface area contributed by atoms with Crippen molar-refractivity contribution in [1.82, 2.24) is 0 Å². The molecule has 0 unspecified atom stereocenters. The van der Waals surface area contributed by atoms with Gasteiger partial charge in [0, 0.05) is 29.4 Å². The molecule has 2 atom stereocenters. The third kappa shape index (κ3) is 1.64. The van der Waals surface area contributed by atoms with Crippen LogP contribution in [0.4, 0.5) is 5.69 Å². The van der Waals surface area contributed by atoms with Crippen molar-refractivity contribution in [3.8, 4) is 0 Å². The molecule has 0 N–H and O–H groups in total. The molecular formula is C20H25NO. The van der Waals surface area contributed by atoms with E-state index in [1.54, 1.807) is 0 Å². The van der Waals surface area contributed by atoms with E-state index in [-0.39, 0.29) is 10.8 Å². The number of fused-ring (bicyclic) bond motifs is 3. The molecule has 0 spiro atoms. The second kappa shape index (κ2) is 4.47. The Hall–Kier alpha value is -1.57. The first kappa shape index (κ1) is 14.0. The van der Waals surface area contributed by atoms with Gasteiger partial charge in [-0.15, -0.1) is 0 Å². The lowest BCUT2D eigenvalue weighted by atomic mass is 9.70. The third-order valence-electron chi connectivity index (χ3n) is 6.81. The number of rotatable bonds is 1. The maximum atomic E-state index is 13.0. The highest BCUT2D eigenvalue weighted by molar-refractivity contribution is 6.05. The molecule has 116 valence electrons. The molecular weight excluding hydrogens is 270 g/mol. The van der Waals surface area contributed by atoms with Crippen LogP contribution in [0.3, 0.4) is 0 Å². The Morgan fingerprint density at radius 1 is 1.23 bits per heavy atom. The molecule has 0 radical (unpaired) electrons. The molecule has 0 saturated heterocycles. The molecule has 2 saturated carbocycles. The first-order valence-corrected chi connectivity index (χ1v) is 8.56. The second-order valence-electron chi connectivity index (χ2n) is 7.98. The summed E-state index contributed by atoms with van der Waals surface area (Å²) in [5.41, 5.74) is 3.73. The number of carbonyl (C=O) groups excluding carboxylic acids is 1. The average Bonchev–Trinajstić information content (AvgIpc) is 2.82. The van der Waals surface area contributed by atoms with E-state index in [2.05, 4.69) is 56.1 Å². The highest BCUT2D eigenvalue weighted by atomic mass is 16.1. The first-order valence-electron chi connectivity index (χ1n) is 8.56. The Kier molecular flexibility index (Phi) is 2.85. The summed E-state index contributed by atoms with van der Waals surface area (Å²) in [7, 11) is 0. The Morgan fingerprint density at radius 3 is 2.73 bits per heavy atom. The Morgan fingerprint density at radius 2 is 2.00 bits per heavy atom. The minimum absolute atomic E-state index is 0.102.